The van der Waals surface area contributed by atoms with E-state index in [1.807, 2.05) is 6.08 Å². The number of allylic oxidation sites excluding steroid dienone is 1. The van der Waals surface area contributed by atoms with Gasteiger partial charge in [-0.2, -0.15) is 0 Å². The van der Waals surface area contributed by atoms with Gasteiger partial charge in [0.15, 0.2) is 0 Å². The molecule has 118 valence electrons. The number of hydrogen-bond donors (Lipinski definition) is 0. The molecule has 0 amide bonds. The van der Waals surface area contributed by atoms with E-state index in [9.17, 15) is 0 Å². The third-order valence-corrected chi connectivity index (χ3v) is 3.39. The van der Waals surface area contributed by atoms with E-state index >= 15 is 0 Å². The Morgan fingerprint density at radius 3 is 2.48 bits per heavy atom. The minimum atomic E-state index is 0. The Labute approximate surface area is 160 Å². The van der Waals surface area contributed by atoms with Crippen molar-refractivity contribution in [2.45, 2.75) is 27.3 Å². The van der Waals surface area contributed by atoms with Crippen molar-refractivity contribution in [3.8, 4) is 11.8 Å². The zero-order valence-corrected chi connectivity index (χ0v) is 18.4. The molecule has 1 nitrogen and oxygen atoms in total. The van der Waals surface area contributed by atoms with Crippen LogP contribution in [-0.2, 0) is 6.54 Å². The summed E-state index contributed by atoms with van der Waals surface area (Å²) in [6.07, 6.45) is 4.09. The monoisotopic (exact) mass is 499 g/mol. The summed E-state index contributed by atoms with van der Waals surface area (Å²) in [7, 11) is 2.14. The first-order valence-electron chi connectivity index (χ1n) is 7.78. The molecule has 0 aliphatic heterocycles. The van der Waals surface area contributed by atoms with Gasteiger partial charge in [-0.25, -0.2) is 0 Å². The van der Waals surface area contributed by atoms with E-state index in [1.54, 1.807) is 0 Å². The summed E-state index contributed by atoms with van der Waals surface area (Å²) in [6.45, 7) is 8.22. The van der Waals surface area contributed by atoms with Gasteiger partial charge in [-0.15, -0.1) is 0 Å². The Morgan fingerprint density at radius 1 is 1.04 bits per heavy atom. The summed E-state index contributed by atoms with van der Waals surface area (Å²) < 4.78 is 0. The standard InChI is InChI=1S/C21H25N.Pb/c1-21(2,3)15-8-5-9-16-22(4)17-19-13-10-12-18-11-6-7-14-20(18)19;/h5-7,9-14H,16-17H2,1-4H3;/b9-5+;. The van der Waals surface area contributed by atoms with Crippen LogP contribution in [0, 0.1) is 17.3 Å². The molecule has 0 saturated carbocycles. The molecule has 2 rings (SSSR count). The molecule has 0 aliphatic carbocycles. The SMILES string of the molecule is CN(C/C=C/C#CC(C)(C)C)Cc1cccc2ccccc12.[Pb]. The predicted octanol–water partition coefficient (Wildman–Crippen LogP) is 4.50. The Hall–Kier alpha value is -1.12. The molecular formula is C21H25NPb. The van der Waals surface area contributed by atoms with Crippen LogP contribution < -0.4 is 0 Å². The molecule has 0 aliphatic rings. The molecule has 2 aromatic rings. The van der Waals surface area contributed by atoms with Gasteiger partial charge >= 0.3 is 0 Å². The molecular weight excluding hydrogens is 473 g/mol. The topological polar surface area (TPSA) is 3.24 Å². The van der Waals surface area contributed by atoms with Crippen LogP contribution >= 0.6 is 0 Å². The summed E-state index contributed by atoms with van der Waals surface area (Å²) in [6, 6.07) is 15.1. The maximum Gasteiger partial charge on any atom is 0.0240 e. The number of benzene rings is 2. The molecule has 0 aromatic heterocycles. The fourth-order valence-corrected chi connectivity index (χ4v) is 2.34. The number of hydrogen-bond acceptors (Lipinski definition) is 1. The van der Waals surface area contributed by atoms with Crippen LogP contribution in [0.2, 0.25) is 0 Å². The molecule has 0 saturated heterocycles. The van der Waals surface area contributed by atoms with Crippen molar-refractivity contribution in [2.24, 2.45) is 5.41 Å². The Morgan fingerprint density at radius 2 is 1.74 bits per heavy atom. The van der Waals surface area contributed by atoms with Crippen LogP contribution in [0.3, 0.4) is 0 Å². The van der Waals surface area contributed by atoms with Crippen molar-refractivity contribution >= 4 is 38.1 Å². The number of fused-ring (bicyclic) bond motifs is 1. The van der Waals surface area contributed by atoms with E-state index in [0.717, 1.165) is 13.1 Å². The molecule has 4 radical (unpaired) electrons. The van der Waals surface area contributed by atoms with Gasteiger partial charge in [0, 0.05) is 45.8 Å². The first kappa shape index (κ1) is 19.9. The molecule has 0 fully saturated rings. The first-order valence-corrected chi connectivity index (χ1v) is 7.78. The van der Waals surface area contributed by atoms with Crippen LogP contribution in [0.4, 0.5) is 0 Å². The largest absolute Gasteiger partial charge is 0.298 e. The quantitative estimate of drug-likeness (QED) is 0.443. The summed E-state index contributed by atoms with van der Waals surface area (Å²) in [5, 5.41) is 2.65. The third kappa shape index (κ3) is 6.89. The van der Waals surface area contributed by atoms with Crippen LogP contribution in [-0.4, -0.2) is 45.8 Å². The zero-order valence-electron chi connectivity index (χ0n) is 14.6. The van der Waals surface area contributed by atoms with Crippen molar-refractivity contribution in [3.63, 3.8) is 0 Å². The first-order chi connectivity index (χ1) is 10.5. The summed E-state index contributed by atoms with van der Waals surface area (Å²) in [5.74, 6) is 6.33. The van der Waals surface area contributed by atoms with Gasteiger partial charge in [0.2, 0.25) is 0 Å². The molecule has 0 N–H and O–H groups in total. The van der Waals surface area contributed by atoms with Gasteiger partial charge in [-0.1, -0.05) is 60.4 Å². The van der Waals surface area contributed by atoms with Gasteiger partial charge in [-0.3, -0.25) is 4.90 Å². The number of nitrogens with zero attached hydrogens (tertiary/aromatic N) is 1. The average molecular weight is 499 g/mol. The van der Waals surface area contributed by atoms with Crippen molar-refractivity contribution in [3.05, 3.63) is 60.2 Å². The van der Waals surface area contributed by atoms with Gasteiger partial charge < -0.3 is 0 Å². The minimum Gasteiger partial charge on any atom is -0.298 e. The normalized spacial score (nSPS) is 11.3. The van der Waals surface area contributed by atoms with E-state index in [1.165, 1.54) is 16.3 Å². The van der Waals surface area contributed by atoms with Crippen LogP contribution in [0.5, 0.6) is 0 Å². The van der Waals surface area contributed by atoms with Gasteiger partial charge in [-0.05, 0) is 50.2 Å². The molecule has 2 heteroatoms. The fourth-order valence-electron chi connectivity index (χ4n) is 2.34. The second-order valence-corrected chi connectivity index (χ2v) is 6.76. The Kier molecular flexibility index (Phi) is 8.01. The third-order valence-electron chi connectivity index (χ3n) is 3.39. The average Bonchev–Trinajstić information content (AvgIpc) is 2.46. The van der Waals surface area contributed by atoms with Gasteiger partial charge in [0.1, 0.15) is 0 Å². The molecule has 0 heterocycles. The molecule has 0 bridgehead atoms. The van der Waals surface area contributed by atoms with Crippen LogP contribution in [0.15, 0.2) is 54.6 Å². The molecule has 0 unspecified atom stereocenters. The Bertz CT molecular complexity index is 708. The van der Waals surface area contributed by atoms with Gasteiger partial charge in [0.05, 0.1) is 0 Å². The van der Waals surface area contributed by atoms with Crippen molar-refractivity contribution < 1.29 is 0 Å². The second-order valence-electron chi connectivity index (χ2n) is 6.76. The van der Waals surface area contributed by atoms with E-state index in [4.69, 9.17) is 0 Å². The van der Waals surface area contributed by atoms with Crippen LogP contribution in [0.25, 0.3) is 10.8 Å². The zero-order chi connectivity index (χ0) is 16.0. The Balaban J connectivity index is 0.00000264. The number of likely N-dealkylation sites (N-methyl/N-ethyl adjacent to an activating group) is 1. The van der Waals surface area contributed by atoms with E-state index in [0.29, 0.717) is 0 Å². The summed E-state index contributed by atoms with van der Waals surface area (Å²) in [4.78, 5) is 2.30. The molecule has 2 aromatic carbocycles. The smallest absolute Gasteiger partial charge is 0.0240 e. The molecule has 23 heavy (non-hydrogen) atoms. The van der Waals surface area contributed by atoms with E-state index < -0.39 is 0 Å². The van der Waals surface area contributed by atoms with Gasteiger partial charge in [0.25, 0.3) is 0 Å². The van der Waals surface area contributed by atoms with E-state index in [-0.39, 0.29) is 32.7 Å². The predicted molar refractivity (Wildman–Crippen MR) is 102 cm³/mol. The minimum absolute atomic E-state index is 0. The van der Waals surface area contributed by atoms with E-state index in [2.05, 4.69) is 93.1 Å². The second kappa shape index (κ2) is 9.24. The van der Waals surface area contributed by atoms with Crippen molar-refractivity contribution in [2.75, 3.05) is 13.6 Å². The summed E-state index contributed by atoms with van der Waals surface area (Å²) in [5.41, 5.74) is 1.44. The van der Waals surface area contributed by atoms with Crippen LogP contribution in [0.1, 0.15) is 26.3 Å². The van der Waals surface area contributed by atoms with Crippen molar-refractivity contribution in [1.29, 1.82) is 0 Å². The maximum atomic E-state index is 3.21. The fraction of sp³-hybridized carbons (Fsp3) is 0.333. The summed E-state index contributed by atoms with van der Waals surface area (Å²) >= 11 is 0. The van der Waals surface area contributed by atoms with Crippen molar-refractivity contribution in [1.82, 2.24) is 4.90 Å². The number of rotatable bonds is 4. The maximum absolute atomic E-state index is 3.21. The molecule has 0 atom stereocenters. The molecule has 0 spiro atoms.